The molecule has 0 aliphatic rings. The van der Waals surface area contributed by atoms with Crippen LogP contribution in [0.3, 0.4) is 0 Å². The van der Waals surface area contributed by atoms with Crippen LogP contribution < -0.4 is 0 Å². The minimum Gasteiger partial charge on any atom is -0.476 e. The van der Waals surface area contributed by atoms with E-state index in [1.165, 1.54) is 0 Å². The molecule has 1 aromatic carbocycles. The van der Waals surface area contributed by atoms with Crippen LogP contribution in [-0.2, 0) is 0 Å². The third-order valence-corrected chi connectivity index (χ3v) is 2.54. The van der Waals surface area contributed by atoms with E-state index in [9.17, 15) is 9.18 Å². The number of aromatic carboxylic acids is 1. The molecule has 0 atom stereocenters. The van der Waals surface area contributed by atoms with Gasteiger partial charge in [-0.1, -0.05) is 28.4 Å². The number of hydrogen-bond donors (Lipinski definition) is 1. The SMILES string of the molecule is O=C(O)c1cnnn1-c1c(Cl)cc(F)cc1Cl. The molecule has 0 spiro atoms. The van der Waals surface area contributed by atoms with E-state index in [0.29, 0.717) is 0 Å². The van der Waals surface area contributed by atoms with Gasteiger partial charge in [0.1, 0.15) is 11.5 Å². The molecule has 0 amide bonds. The third kappa shape index (κ3) is 2.09. The number of rotatable bonds is 2. The van der Waals surface area contributed by atoms with Gasteiger partial charge in [-0.25, -0.2) is 13.9 Å². The second-order valence-electron chi connectivity index (χ2n) is 3.05. The molecule has 2 aromatic rings. The smallest absolute Gasteiger partial charge is 0.356 e. The van der Waals surface area contributed by atoms with E-state index in [4.69, 9.17) is 28.3 Å². The molecule has 0 aliphatic heterocycles. The topological polar surface area (TPSA) is 68.0 Å². The molecule has 8 heteroatoms. The highest BCUT2D eigenvalue weighted by molar-refractivity contribution is 6.37. The number of carboxylic acid groups (broad SMARTS) is 1. The summed E-state index contributed by atoms with van der Waals surface area (Å²) in [6, 6.07) is 2.02. The second-order valence-corrected chi connectivity index (χ2v) is 3.87. The lowest BCUT2D eigenvalue weighted by Gasteiger charge is -2.07. The van der Waals surface area contributed by atoms with Gasteiger partial charge in [-0.2, -0.15) is 0 Å². The van der Waals surface area contributed by atoms with Crippen LogP contribution in [0.2, 0.25) is 10.0 Å². The molecule has 1 heterocycles. The lowest BCUT2D eigenvalue weighted by atomic mass is 10.3. The molecule has 88 valence electrons. The zero-order valence-electron chi connectivity index (χ0n) is 8.06. The summed E-state index contributed by atoms with van der Waals surface area (Å²) in [6.07, 6.45) is 1.04. The maximum absolute atomic E-state index is 13.0. The number of hydrogen-bond acceptors (Lipinski definition) is 3. The number of aromatic nitrogens is 3. The highest BCUT2D eigenvalue weighted by Gasteiger charge is 2.18. The van der Waals surface area contributed by atoms with Crippen LogP contribution in [0.25, 0.3) is 5.69 Å². The first-order valence-corrected chi connectivity index (χ1v) is 5.05. The van der Waals surface area contributed by atoms with Crippen LogP contribution in [0, 0.1) is 5.82 Å². The number of carbonyl (C=O) groups is 1. The predicted octanol–water partition coefficient (Wildman–Crippen LogP) is 2.41. The molecule has 1 aromatic heterocycles. The third-order valence-electron chi connectivity index (χ3n) is 1.96. The Morgan fingerprint density at radius 3 is 2.47 bits per heavy atom. The van der Waals surface area contributed by atoms with Crippen LogP contribution in [0.15, 0.2) is 18.3 Å². The van der Waals surface area contributed by atoms with Crippen molar-refractivity contribution in [3.8, 4) is 5.69 Å². The summed E-state index contributed by atoms with van der Waals surface area (Å²) >= 11 is 11.6. The zero-order chi connectivity index (χ0) is 12.6. The average molecular weight is 276 g/mol. The summed E-state index contributed by atoms with van der Waals surface area (Å²) in [7, 11) is 0. The van der Waals surface area contributed by atoms with Crippen LogP contribution >= 0.6 is 23.2 Å². The van der Waals surface area contributed by atoms with Gasteiger partial charge in [0, 0.05) is 0 Å². The Morgan fingerprint density at radius 1 is 1.35 bits per heavy atom. The normalized spacial score (nSPS) is 10.5. The summed E-state index contributed by atoms with van der Waals surface area (Å²) in [5.41, 5.74) is -0.148. The van der Waals surface area contributed by atoms with Gasteiger partial charge < -0.3 is 5.11 Å². The first-order chi connectivity index (χ1) is 8.00. The van der Waals surface area contributed by atoms with Crippen molar-refractivity contribution < 1.29 is 14.3 Å². The highest BCUT2D eigenvalue weighted by Crippen LogP contribution is 2.29. The summed E-state index contributed by atoms with van der Waals surface area (Å²) in [5.74, 6) is -1.87. The Bertz CT molecular complexity index is 577. The number of carboxylic acids is 1. The van der Waals surface area contributed by atoms with Crippen molar-refractivity contribution in [1.82, 2.24) is 15.0 Å². The molecule has 1 N–H and O–H groups in total. The lowest BCUT2D eigenvalue weighted by molar-refractivity contribution is 0.0687. The van der Waals surface area contributed by atoms with Gasteiger partial charge in [-0.05, 0) is 12.1 Å². The van der Waals surface area contributed by atoms with Gasteiger partial charge in [-0.15, -0.1) is 5.10 Å². The van der Waals surface area contributed by atoms with Crippen molar-refractivity contribution in [2.24, 2.45) is 0 Å². The van der Waals surface area contributed by atoms with Crippen LogP contribution in [0.1, 0.15) is 10.5 Å². The molecule has 0 aliphatic carbocycles. The van der Waals surface area contributed by atoms with Crippen LogP contribution in [-0.4, -0.2) is 26.1 Å². The quantitative estimate of drug-likeness (QED) is 0.914. The van der Waals surface area contributed by atoms with Crippen molar-refractivity contribution in [2.45, 2.75) is 0 Å². The molecule has 0 saturated heterocycles. The van der Waals surface area contributed by atoms with Gasteiger partial charge in [0.25, 0.3) is 0 Å². The van der Waals surface area contributed by atoms with Gasteiger partial charge in [0.05, 0.1) is 16.2 Å². The highest BCUT2D eigenvalue weighted by atomic mass is 35.5. The van der Waals surface area contributed by atoms with Crippen molar-refractivity contribution in [2.75, 3.05) is 0 Å². The largest absolute Gasteiger partial charge is 0.476 e. The minimum atomic E-state index is -1.24. The molecule has 2 rings (SSSR count). The lowest BCUT2D eigenvalue weighted by Crippen LogP contribution is -2.09. The molecule has 0 bridgehead atoms. The minimum absolute atomic E-state index is 0.0528. The predicted molar refractivity (Wildman–Crippen MR) is 58.3 cm³/mol. The van der Waals surface area contributed by atoms with Gasteiger partial charge in [0.2, 0.25) is 0 Å². The van der Waals surface area contributed by atoms with E-state index >= 15 is 0 Å². The number of benzene rings is 1. The van der Waals surface area contributed by atoms with E-state index in [2.05, 4.69) is 10.3 Å². The van der Waals surface area contributed by atoms with E-state index in [0.717, 1.165) is 23.0 Å². The van der Waals surface area contributed by atoms with Crippen molar-refractivity contribution in [3.63, 3.8) is 0 Å². The second kappa shape index (κ2) is 4.31. The molecule has 5 nitrogen and oxygen atoms in total. The Balaban J connectivity index is 2.69. The summed E-state index contributed by atoms with van der Waals surface area (Å²) in [4.78, 5) is 10.9. The summed E-state index contributed by atoms with van der Waals surface area (Å²) in [5, 5.41) is 15.8. The summed E-state index contributed by atoms with van der Waals surface area (Å²) in [6.45, 7) is 0. The van der Waals surface area contributed by atoms with Gasteiger partial charge >= 0.3 is 5.97 Å². The maximum atomic E-state index is 13.0. The number of halogens is 3. The molecule has 0 fully saturated rings. The van der Waals surface area contributed by atoms with Gasteiger partial charge in [0.15, 0.2) is 5.69 Å². The van der Waals surface area contributed by atoms with Crippen LogP contribution in [0.4, 0.5) is 4.39 Å². The molecular weight excluding hydrogens is 272 g/mol. The Hall–Kier alpha value is -1.66. The molecule has 0 unspecified atom stereocenters. The first-order valence-electron chi connectivity index (χ1n) is 4.29. The van der Waals surface area contributed by atoms with Crippen LogP contribution in [0.5, 0.6) is 0 Å². The maximum Gasteiger partial charge on any atom is 0.356 e. The fraction of sp³-hybridized carbons (Fsp3) is 0. The monoisotopic (exact) mass is 275 g/mol. The van der Waals surface area contributed by atoms with Crippen molar-refractivity contribution in [1.29, 1.82) is 0 Å². The molecule has 17 heavy (non-hydrogen) atoms. The van der Waals surface area contributed by atoms with E-state index < -0.39 is 11.8 Å². The van der Waals surface area contributed by atoms with Gasteiger partial charge in [-0.3, -0.25) is 0 Å². The van der Waals surface area contributed by atoms with E-state index in [1.54, 1.807) is 0 Å². The van der Waals surface area contributed by atoms with E-state index in [-0.39, 0.29) is 21.4 Å². The summed E-state index contributed by atoms with van der Waals surface area (Å²) < 4.78 is 13.9. The Labute approximate surface area is 104 Å². The first kappa shape index (κ1) is 11.8. The standard InChI is InChI=1S/C9H4Cl2FN3O2/c10-5-1-4(12)2-6(11)8(5)15-7(9(16)17)3-13-14-15/h1-3H,(H,16,17). The molecule has 0 radical (unpaired) electrons. The average Bonchev–Trinajstić information content (AvgIpc) is 2.64. The Kier molecular flexibility index (Phi) is 2.99. The molecule has 0 saturated carbocycles. The van der Waals surface area contributed by atoms with Crippen molar-refractivity contribution >= 4 is 29.2 Å². The molecular formula is C9H4Cl2FN3O2. The zero-order valence-corrected chi connectivity index (χ0v) is 9.57. The fourth-order valence-corrected chi connectivity index (χ4v) is 1.90. The fourth-order valence-electron chi connectivity index (χ4n) is 1.28. The Morgan fingerprint density at radius 2 is 1.94 bits per heavy atom. The number of nitrogens with zero attached hydrogens (tertiary/aromatic N) is 3. The van der Waals surface area contributed by atoms with Crippen molar-refractivity contribution in [3.05, 3.63) is 39.9 Å². The van der Waals surface area contributed by atoms with E-state index in [1.807, 2.05) is 0 Å².